The fraction of sp³-hybridized carbons (Fsp3) is 0.273. The van der Waals surface area contributed by atoms with Crippen LogP contribution >= 0.6 is 0 Å². The molecule has 3 aromatic rings. The highest BCUT2D eigenvalue weighted by Gasteiger charge is 2.23. The number of pyridine rings is 1. The Balaban J connectivity index is 1.51. The van der Waals surface area contributed by atoms with Crippen LogP contribution in [0.15, 0.2) is 59.7 Å². The van der Waals surface area contributed by atoms with Crippen LogP contribution in [0, 0.1) is 13.8 Å². The third kappa shape index (κ3) is 3.89. The molecule has 0 bridgehead atoms. The zero-order chi connectivity index (χ0) is 20.4. The maximum atomic E-state index is 12.6. The van der Waals surface area contributed by atoms with E-state index in [1.807, 2.05) is 36.9 Å². The first kappa shape index (κ1) is 18.9. The first-order valence-electron chi connectivity index (χ1n) is 9.65. The van der Waals surface area contributed by atoms with Gasteiger partial charge < -0.3 is 9.80 Å². The monoisotopic (exact) mass is 389 g/mol. The molecule has 0 unspecified atom stereocenters. The maximum Gasteiger partial charge on any atom is 0.271 e. The molecule has 7 heteroatoms. The van der Waals surface area contributed by atoms with Gasteiger partial charge in [0, 0.05) is 50.2 Å². The van der Waals surface area contributed by atoms with Crippen LogP contribution in [0.25, 0.3) is 5.69 Å². The molecule has 0 N–H and O–H groups in total. The van der Waals surface area contributed by atoms with Gasteiger partial charge in [0.25, 0.3) is 11.5 Å². The van der Waals surface area contributed by atoms with Crippen molar-refractivity contribution >= 4 is 11.7 Å². The van der Waals surface area contributed by atoms with Gasteiger partial charge in [-0.2, -0.15) is 4.68 Å². The number of aryl methyl sites for hydroxylation is 2. The SMILES string of the molecule is Cc1ccc(-n2nc(N3CCN(C(=O)c4ccncc4)CC3)ccc2=O)cc1C. The van der Waals surface area contributed by atoms with Crippen LogP contribution in [0.2, 0.25) is 0 Å². The van der Waals surface area contributed by atoms with E-state index in [1.54, 1.807) is 36.7 Å². The minimum Gasteiger partial charge on any atom is -0.352 e. The van der Waals surface area contributed by atoms with Gasteiger partial charge in [-0.1, -0.05) is 6.07 Å². The summed E-state index contributed by atoms with van der Waals surface area (Å²) in [6, 6.07) is 12.6. The predicted molar refractivity (Wildman–Crippen MR) is 112 cm³/mol. The summed E-state index contributed by atoms with van der Waals surface area (Å²) in [6.45, 7) is 6.59. The third-order valence-corrected chi connectivity index (χ3v) is 5.34. The van der Waals surface area contributed by atoms with E-state index in [0.29, 0.717) is 31.7 Å². The van der Waals surface area contributed by atoms with Crippen LogP contribution in [0.3, 0.4) is 0 Å². The maximum absolute atomic E-state index is 12.6. The van der Waals surface area contributed by atoms with Gasteiger partial charge in [-0.3, -0.25) is 14.6 Å². The standard InChI is InChI=1S/C22H23N5O2/c1-16-3-4-19(15-17(16)2)27-21(28)6-5-20(24-27)25-11-13-26(14-12-25)22(29)18-7-9-23-10-8-18/h3-10,15H,11-14H2,1-2H3. The smallest absolute Gasteiger partial charge is 0.271 e. The van der Waals surface area contributed by atoms with Gasteiger partial charge in [0.1, 0.15) is 5.82 Å². The summed E-state index contributed by atoms with van der Waals surface area (Å²) in [7, 11) is 0. The second-order valence-corrected chi connectivity index (χ2v) is 7.23. The number of anilines is 1. The van der Waals surface area contributed by atoms with E-state index in [1.165, 1.54) is 10.2 Å². The number of nitrogens with zero attached hydrogens (tertiary/aromatic N) is 5. The highest BCUT2D eigenvalue weighted by atomic mass is 16.2. The molecule has 2 aromatic heterocycles. The fourth-order valence-electron chi connectivity index (χ4n) is 3.43. The Hall–Kier alpha value is -3.48. The van der Waals surface area contributed by atoms with E-state index in [-0.39, 0.29) is 11.5 Å². The van der Waals surface area contributed by atoms with Crippen LogP contribution in [-0.4, -0.2) is 51.8 Å². The Morgan fingerprint density at radius 1 is 0.897 bits per heavy atom. The summed E-state index contributed by atoms with van der Waals surface area (Å²) in [5, 5.41) is 4.58. The number of amides is 1. The molecule has 1 amide bonds. The van der Waals surface area contributed by atoms with Crippen LogP contribution in [0.4, 0.5) is 5.82 Å². The Morgan fingerprint density at radius 2 is 1.62 bits per heavy atom. The normalized spacial score (nSPS) is 14.1. The summed E-state index contributed by atoms with van der Waals surface area (Å²) in [5.74, 6) is 0.749. The molecule has 0 radical (unpaired) electrons. The van der Waals surface area contributed by atoms with Gasteiger partial charge in [-0.15, -0.1) is 5.10 Å². The minimum atomic E-state index is -0.163. The van der Waals surface area contributed by atoms with E-state index in [4.69, 9.17) is 0 Å². The molecule has 1 aliphatic rings. The molecule has 4 rings (SSSR count). The molecule has 1 saturated heterocycles. The lowest BCUT2D eigenvalue weighted by atomic mass is 10.1. The van der Waals surface area contributed by atoms with Crippen molar-refractivity contribution in [2.75, 3.05) is 31.1 Å². The number of hydrogen-bond acceptors (Lipinski definition) is 5. The Morgan fingerprint density at radius 3 is 2.31 bits per heavy atom. The number of aromatic nitrogens is 3. The van der Waals surface area contributed by atoms with Crippen LogP contribution in [0.5, 0.6) is 0 Å². The summed E-state index contributed by atoms with van der Waals surface area (Å²) < 4.78 is 1.44. The minimum absolute atomic E-state index is 0.0140. The first-order valence-corrected chi connectivity index (χ1v) is 9.65. The van der Waals surface area contributed by atoms with Crippen molar-refractivity contribution in [3.05, 3.63) is 81.9 Å². The molecule has 3 heterocycles. The van der Waals surface area contributed by atoms with E-state index in [0.717, 1.165) is 17.1 Å². The van der Waals surface area contributed by atoms with Crippen molar-refractivity contribution in [2.45, 2.75) is 13.8 Å². The summed E-state index contributed by atoms with van der Waals surface area (Å²) in [4.78, 5) is 32.9. The number of hydrogen-bond donors (Lipinski definition) is 0. The molecule has 29 heavy (non-hydrogen) atoms. The van der Waals surface area contributed by atoms with E-state index in [2.05, 4.69) is 15.0 Å². The van der Waals surface area contributed by atoms with Crippen molar-refractivity contribution in [3.63, 3.8) is 0 Å². The van der Waals surface area contributed by atoms with Gasteiger partial charge in [-0.25, -0.2) is 0 Å². The molecule has 1 aromatic carbocycles. The van der Waals surface area contributed by atoms with Gasteiger partial charge in [0.05, 0.1) is 5.69 Å². The van der Waals surface area contributed by atoms with E-state index < -0.39 is 0 Å². The average Bonchev–Trinajstić information content (AvgIpc) is 2.76. The number of rotatable bonds is 3. The molecule has 0 atom stereocenters. The van der Waals surface area contributed by atoms with Gasteiger partial charge in [0.2, 0.25) is 0 Å². The molecule has 7 nitrogen and oxygen atoms in total. The summed E-state index contributed by atoms with van der Waals surface area (Å²) in [5.41, 5.74) is 3.53. The zero-order valence-electron chi connectivity index (χ0n) is 16.6. The second kappa shape index (κ2) is 7.87. The number of piperazine rings is 1. The molecular formula is C22H23N5O2. The number of carbonyl (C=O) groups excluding carboxylic acids is 1. The van der Waals surface area contributed by atoms with Gasteiger partial charge >= 0.3 is 0 Å². The van der Waals surface area contributed by atoms with Crippen molar-refractivity contribution < 1.29 is 4.79 Å². The van der Waals surface area contributed by atoms with Crippen molar-refractivity contribution in [2.24, 2.45) is 0 Å². The van der Waals surface area contributed by atoms with Crippen molar-refractivity contribution in [1.82, 2.24) is 19.7 Å². The lowest BCUT2D eigenvalue weighted by Gasteiger charge is -2.35. The summed E-state index contributed by atoms with van der Waals surface area (Å²) in [6.07, 6.45) is 3.26. The molecular weight excluding hydrogens is 366 g/mol. The van der Waals surface area contributed by atoms with Gasteiger partial charge in [-0.05, 0) is 55.3 Å². The van der Waals surface area contributed by atoms with Crippen molar-refractivity contribution in [3.8, 4) is 5.69 Å². The quantitative estimate of drug-likeness (QED) is 0.687. The third-order valence-electron chi connectivity index (χ3n) is 5.34. The lowest BCUT2D eigenvalue weighted by Crippen LogP contribution is -2.49. The lowest BCUT2D eigenvalue weighted by molar-refractivity contribution is 0.0746. The van der Waals surface area contributed by atoms with Crippen LogP contribution in [0.1, 0.15) is 21.5 Å². The molecule has 1 aliphatic heterocycles. The molecule has 1 fully saturated rings. The zero-order valence-corrected chi connectivity index (χ0v) is 16.6. The Kier molecular flexibility index (Phi) is 5.12. The molecule has 0 saturated carbocycles. The summed E-state index contributed by atoms with van der Waals surface area (Å²) >= 11 is 0. The highest BCUT2D eigenvalue weighted by molar-refractivity contribution is 5.94. The topological polar surface area (TPSA) is 71.3 Å². The van der Waals surface area contributed by atoms with Gasteiger partial charge in [0.15, 0.2) is 0 Å². The Bertz CT molecular complexity index is 1090. The van der Waals surface area contributed by atoms with Crippen molar-refractivity contribution in [1.29, 1.82) is 0 Å². The Labute approximate surface area is 169 Å². The molecule has 0 spiro atoms. The van der Waals surface area contributed by atoms with Crippen LogP contribution in [-0.2, 0) is 0 Å². The number of carbonyl (C=O) groups is 1. The largest absolute Gasteiger partial charge is 0.352 e. The predicted octanol–water partition coefficient (Wildman–Crippen LogP) is 2.21. The molecule has 148 valence electrons. The first-order chi connectivity index (χ1) is 14.0. The van der Waals surface area contributed by atoms with E-state index in [9.17, 15) is 9.59 Å². The average molecular weight is 389 g/mol. The molecule has 0 aliphatic carbocycles. The van der Waals surface area contributed by atoms with E-state index >= 15 is 0 Å². The second-order valence-electron chi connectivity index (χ2n) is 7.23. The fourth-order valence-corrected chi connectivity index (χ4v) is 3.43. The van der Waals surface area contributed by atoms with Crippen LogP contribution < -0.4 is 10.5 Å². The highest BCUT2D eigenvalue weighted by Crippen LogP contribution is 2.16. The number of benzene rings is 1.